The quantitative estimate of drug-likeness (QED) is 0.932. The van der Waals surface area contributed by atoms with Crippen molar-refractivity contribution >= 4 is 16.9 Å². The van der Waals surface area contributed by atoms with Gasteiger partial charge in [0.15, 0.2) is 0 Å². The van der Waals surface area contributed by atoms with Crippen molar-refractivity contribution in [2.24, 2.45) is 0 Å². The zero-order valence-corrected chi connectivity index (χ0v) is 12.1. The molecule has 3 rings (SSSR count). The third-order valence-electron chi connectivity index (χ3n) is 4.31. The van der Waals surface area contributed by atoms with E-state index in [2.05, 4.69) is 11.9 Å². The van der Waals surface area contributed by atoms with Gasteiger partial charge in [-0.25, -0.2) is 4.98 Å². The van der Waals surface area contributed by atoms with Crippen LogP contribution >= 0.6 is 0 Å². The first kappa shape index (κ1) is 13.2. The first-order valence-electron chi connectivity index (χ1n) is 7.41. The number of rotatable bonds is 3. The Labute approximate surface area is 119 Å². The number of hydrogen-bond acceptors (Lipinski definition) is 2. The van der Waals surface area contributed by atoms with Gasteiger partial charge in [0, 0.05) is 13.0 Å². The lowest BCUT2D eigenvalue weighted by Crippen LogP contribution is -2.43. The number of hydrogen-bond donors (Lipinski definition) is 1. The molecule has 1 aromatic carbocycles. The average molecular weight is 271 g/mol. The summed E-state index contributed by atoms with van der Waals surface area (Å²) >= 11 is 0. The molecule has 0 radical (unpaired) electrons. The maximum Gasteiger partial charge on any atom is 0.223 e. The largest absolute Gasteiger partial charge is 0.340 e. The summed E-state index contributed by atoms with van der Waals surface area (Å²) in [7, 11) is 0. The second kappa shape index (κ2) is 4.93. The minimum absolute atomic E-state index is 0.243. The molecule has 2 heterocycles. The third kappa shape index (κ3) is 1.99. The summed E-state index contributed by atoms with van der Waals surface area (Å²) in [5, 5.41) is 0. The molecule has 0 aliphatic carbocycles. The number of aromatic nitrogens is 2. The number of likely N-dealkylation sites (tertiary alicyclic amines) is 1. The van der Waals surface area contributed by atoms with Gasteiger partial charge in [0.25, 0.3) is 0 Å². The molecule has 1 atom stereocenters. The Morgan fingerprint density at radius 1 is 1.45 bits per heavy atom. The molecule has 0 bridgehead atoms. The molecule has 4 nitrogen and oxygen atoms in total. The van der Waals surface area contributed by atoms with E-state index >= 15 is 0 Å². The van der Waals surface area contributed by atoms with Crippen molar-refractivity contribution in [1.29, 1.82) is 0 Å². The molecule has 1 fully saturated rings. The fourth-order valence-electron chi connectivity index (χ4n) is 3.17. The van der Waals surface area contributed by atoms with Crippen LogP contribution in [0.1, 0.15) is 45.4 Å². The number of benzene rings is 1. The lowest BCUT2D eigenvalue weighted by molar-refractivity contribution is -0.135. The van der Waals surface area contributed by atoms with Crippen LogP contribution in [0, 0.1) is 0 Å². The maximum atomic E-state index is 12.3. The Hall–Kier alpha value is -1.84. The number of imidazole rings is 1. The van der Waals surface area contributed by atoms with Gasteiger partial charge < -0.3 is 9.88 Å². The minimum Gasteiger partial charge on any atom is -0.340 e. The maximum absolute atomic E-state index is 12.3. The number of para-hydroxylation sites is 2. The smallest absolute Gasteiger partial charge is 0.223 e. The van der Waals surface area contributed by atoms with Crippen LogP contribution in [0.25, 0.3) is 11.0 Å². The van der Waals surface area contributed by atoms with E-state index in [1.807, 2.05) is 36.1 Å². The molecule has 2 aromatic rings. The summed E-state index contributed by atoms with van der Waals surface area (Å²) in [6, 6.07) is 8.03. The fourth-order valence-corrected chi connectivity index (χ4v) is 3.17. The Kier molecular flexibility index (Phi) is 3.24. The topological polar surface area (TPSA) is 49.0 Å². The Morgan fingerprint density at radius 3 is 3.00 bits per heavy atom. The average Bonchev–Trinajstić information content (AvgIpc) is 3.03. The van der Waals surface area contributed by atoms with Crippen LogP contribution in [0.4, 0.5) is 0 Å². The molecule has 0 saturated carbocycles. The van der Waals surface area contributed by atoms with E-state index in [1.165, 1.54) is 0 Å². The monoisotopic (exact) mass is 271 g/mol. The van der Waals surface area contributed by atoms with Crippen molar-refractivity contribution in [3.8, 4) is 0 Å². The van der Waals surface area contributed by atoms with E-state index in [1.54, 1.807) is 0 Å². The van der Waals surface area contributed by atoms with Crippen LogP contribution in [0.5, 0.6) is 0 Å². The van der Waals surface area contributed by atoms with E-state index in [4.69, 9.17) is 4.98 Å². The van der Waals surface area contributed by atoms with E-state index in [-0.39, 0.29) is 11.4 Å². The van der Waals surface area contributed by atoms with Gasteiger partial charge in [-0.1, -0.05) is 19.1 Å². The van der Waals surface area contributed by atoms with Gasteiger partial charge in [-0.3, -0.25) is 4.79 Å². The molecule has 4 heteroatoms. The van der Waals surface area contributed by atoms with Crippen molar-refractivity contribution in [1.82, 2.24) is 14.9 Å². The summed E-state index contributed by atoms with van der Waals surface area (Å²) in [6.07, 6.45) is 3.53. The fraction of sp³-hybridized carbons (Fsp3) is 0.500. The summed E-state index contributed by atoms with van der Waals surface area (Å²) in [6.45, 7) is 5.02. The molecule has 1 amide bonds. The van der Waals surface area contributed by atoms with Crippen molar-refractivity contribution in [3.05, 3.63) is 30.1 Å². The molecule has 1 saturated heterocycles. The van der Waals surface area contributed by atoms with Crippen LogP contribution < -0.4 is 0 Å². The number of carbonyl (C=O) groups excluding carboxylic acids is 1. The molecular weight excluding hydrogens is 250 g/mol. The van der Waals surface area contributed by atoms with Crippen LogP contribution in [-0.2, 0) is 10.3 Å². The summed E-state index contributed by atoms with van der Waals surface area (Å²) in [4.78, 5) is 22.5. The number of fused-ring (bicyclic) bond motifs is 1. The van der Waals surface area contributed by atoms with Gasteiger partial charge in [-0.05, 0) is 38.3 Å². The zero-order valence-electron chi connectivity index (χ0n) is 12.1. The van der Waals surface area contributed by atoms with E-state index in [9.17, 15) is 4.79 Å². The van der Waals surface area contributed by atoms with Crippen molar-refractivity contribution in [2.75, 3.05) is 6.54 Å². The molecule has 1 aromatic heterocycles. The van der Waals surface area contributed by atoms with Crippen molar-refractivity contribution in [3.63, 3.8) is 0 Å². The standard InChI is InChI=1S/C16H21N3O/c1-3-7-14(20)19-11-6-10-16(19,2)15-17-12-8-4-5-9-13(12)18-15/h4-5,8-9H,3,6-7,10-11H2,1-2H3,(H,17,18). The van der Waals surface area contributed by atoms with Gasteiger partial charge in [0.05, 0.1) is 16.6 Å². The van der Waals surface area contributed by atoms with Crippen LogP contribution in [-0.4, -0.2) is 27.3 Å². The number of amides is 1. The minimum atomic E-state index is -0.286. The summed E-state index contributed by atoms with van der Waals surface area (Å²) < 4.78 is 0. The second-order valence-electron chi connectivity index (χ2n) is 5.78. The van der Waals surface area contributed by atoms with Crippen molar-refractivity contribution in [2.45, 2.75) is 45.1 Å². The highest BCUT2D eigenvalue weighted by Crippen LogP contribution is 2.38. The van der Waals surface area contributed by atoms with Gasteiger partial charge in [-0.15, -0.1) is 0 Å². The van der Waals surface area contributed by atoms with Gasteiger partial charge in [0.2, 0.25) is 5.91 Å². The molecule has 0 spiro atoms. The molecule has 1 aliphatic rings. The molecule has 1 aliphatic heterocycles. The van der Waals surface area contributed by atoms with Crippen molar-refractivity contribution < 1.29 is 4.79 Å². The molecular formula is C16H21N3O. The van der Waals surface area contributed by atoms with Crippen LogP contribution in [0.3, 0.4) is 0 Å². The van der Waals surface area contributed by atoms with Gasteiger partial charge in [-0.2, -0.15) is 0 Å². The van der Waals surface area contributed by atoms with Crippen LogP contribution in [0.15, 0.2) is 24.3 Å². The number of H-pyrrole nitrogens is 1. The number of carbonyl (C=O) groups is 1. The molecule has 106 valence electrons. The highest BCUT2D eigenvalue weighted by atomic mass is 16.2. The summed E-state index contributed by atoms with van der Waals surface area (Å²) in [5.41, 5.74) is 1.72. The number of nitrogens with zero attached hydrogens (tertiary/aromatic N) is 2. The first-order valence-corrected chi connectivity index (χ1v) is 7.41. The summed E-state index contributed by atoms with van der Waals surface area (Å²) in [5.74, 6) is 1.16. The van der Waals surface area contributed by atoms with E-state index < -0.39 is 0 Å². The zero-order chi connectivity index (χ0) is 14.2. The Bertz CT molecular complexity index is 600. The molecule has 1 unspecified atom stereocenters. The second-order valence-corrected chi connectivity index (χ2v) is 5.78. The normalized spacial score (nSPS) is 22.6. The van der Waals surface area contributed by atoms with E-state index in [0.717, 1.165) is 42.7 Å². The highest BCUT2D eigenvalue weighted by molar-refractivity contribution is 5.78. The third-order valence-corrected chi connectivity index (χ3v) is 4.31. The number of aromatic amines is 1. The van der Waals surface area contributed by atoms with Gasteiger partial charge in [0.1, 0.15) is 5.82 Å². The van der Waals surface area contributed by atoms with Crippen LogP contribution in [0.2, 0.25) is 0 Å². The predicted molar refractivity (Wildman–Crippen MR) is 79.3 cm³/mol. The van der Waals surface area contributed by atoms with E-state index in [0.29, 0.717) is 6.42 Å². The predicted octanol–water partition coefficient (Wildman–Crippen LogP) is 3.20. The lowest BCUT2D eigenvalue weighted by atomic mass is 9.97. The Balaban J connectivity index is 1.99. The molecule has 1 N–H and O–H groups in total. The molecule has 20 heavy (non-hydrogen) atoms. The number of nitrogens with one attached hydrogen (secondary N) is 1. The SMILES string of the molecule is CCCC(=O)N1CCCC1(C)c1nc2ccccc2[nH]1. The highest BCUT2D eigenvalue weighted by Gasteiger charge is 2.42. The first-order chi connectivity index (χ1) is 9.65. The Morgan fingerprint density at radius 2 is 2.25 bits per heavy atom. The van der Waals surface area contributed by atoms with Gasteiger partial charge >= 0.3 is 0 Å². The lowest BCUT2D eigenvalue weighted by Gasteiger charge is -2.33.